The Morgan fingerprint density at radius 2 is 1.91 bits per heavy atom. The largest absolute Gasteiger partial charge is 0.496 e. The molecular weight excluding hydrogens is 308 g/mol. The van der Waals surface area contributed by atoms with Gasteiger partial charge in [0.05, 0.1) is 18.6 Å². The van der Waals surface area contributed by atoms with Crippen molar-refractivity contribution >= 4 is 23.9 Å². The molecule has 0 spiro atoms. The number of rotatable bonds is 7. The van der Waals surface area contributed by atoms with E-state index in [0.717, 1.165) is 17.1 Å². The normalized spacial score (nSPS) is 12.1. The fraction of sp³-hybridized carbons (Fsp3) is 0.222. The second-order valence-electron chi connectivity index (χ2n) is 4.92. The first kappa shape index (κ1) is 17.1. The van der Waals surface area contributed by atoms with Gasteiger partial charge in [0.25, 0.3) is 5.91 Å². The van der Waals surface area contributed by atoms with Crippen LogP contribution >= 0.6 is 11.8 Å². The number of methoxy groups -OCH3 is 1. The quantitative estimate of drug-likeness (QED) is 0.625. The fourth-order valence-corrected chi connectivity index (χ4v) is 2.74. The molecule has 0 aliphatic heterocycles. The third-order valence-electron chi connectivity index (χ3n) is 3.23. The SMILES string of the molecule is COc1ccccc1C=NNC(=O)C(C)SCc1ccccc1. The summed E-state index contributed by atoms with van der Waals surface area (Å²) >= 11 is 1.58. The minimum Gasteiger partial charge on any atom is -0.496 e. The molecule has 0 aliphatic carbocycles. The van der Waals surface area contributed by atoms with Crippen LogP contribution in [0.15, 0.2) is 59.7 Å². The van der Waals surface area contributed by atoms with E-state index in [4.69, 9.17) is 4.74 Å². The Hall–Kier alpha value is -2.27. The lowest BCUT2D eigenvalue weighted by atomic mass is 10.2. The minimum absolute atomic E-state index is 0.114. The van der Waals surface area contributed by atoms with Gasteiger partial charge in [-0.05, 0) is 24.6 Å². The first-order chi connectivity index (χ1) is 11.2. The van der Waals surface area contributed by atoms with Gasteiger partial charge < -0.3 is 4.74 Å². The summed E-state index contributed by atoms with van der Waals surface area (Å²) in [6, 6.07) is 17.6. The number of hydrogen-bond donors (Lipinski definition) is 1. The summed E-state index contributed by atoms with van der Waals surface area (Å²) in [6.07, 6.45) is 1.59. The van der Waals surface area contributed by atoms with Crippen LogP contribution in [-0.2, 0) is 10.5 Å². The summed E-state index contributed by atoms with van der Waals surface area (Å²) in [4.78, 5) is 12.0. The molecule has 0 fully saturated rings. The molecule has 0 radical (unpaired) electrons. The van der Waals surface area contributed by atoms with E-state index < -0.39 is 0 Å². The van der Waals surface area contributed by atoms with Gasteiger partial charge in [0.2, 0.25) is 0 Å². The van der Waals surface area contributed by atoms with E-state index in [1.807, 2.05) is 49.4 Å². The number of hydrazone groups is 1. The van der Waals surface area contributed by atoms with E-state index in [1.165, 1.54) is 5.56 Å². The second-order valence-corrected chi connectivity index (χ2v) is 6.24. The molecule has 5 heteroatoms. The van der Waals surface area contributed by atoms with Crippen LogP contribution in [0, 0.1) is 0 Å². The smallest absolute Gasteiger partial charge is 0.252 e. The summed E-state index contributed by atoms with van der Waals surface area (Å²) in [5.41, 5.74) is 4.60. The molecule has 1 amide bonds. The molecule has 2 rings (SSSR count). The van der Waals surface area contributed by atoms with Gasteiger partial charge in [-0.2, -0.15) is 5.10 Å². The molecule has 0 saturated heterocycles. The second kappa shape index (κ2) is 9.00. The van der Waals surface area contributed by atoms with Crippen molar-refractivity contribution in [2.24, 2.45) is 5.10 Å². The van der Waals surface area contributed by atoms with Crippen molar-refractivity contribution in [1.82, 2.24) is 5.43 Å². The topological polar surface area (TPSA) is 50.7 Å². The van der Waals surface area contributed by atoms with E-state index in [9.17, 15) is 4.79 Å². The molecular formula is C18H20N2O2S. The maximum absolute atomic E-state index is 12.0. The van der Waals surface area contributed by atoms with Gasteiger partial charge in [0, 0.05) is 11.3 Å². The summed E-state index contributed by atoms with van der Waals surface area (Å²) in [5, 5.41) is 3.83. The highest BCUT2D eigenvalue weighted by Crippen LogP contribution is 2.17. The predicted octanol–water partition coefficient (Wildman–Crippen LogP) is 3.47. The van der Waals surface area contributed by atoms with E-state index in [1.54, 1.807) is 25.1 Å². The Morgan fingerprint density at radius 3 is 2.65 bits per heavy atom. The molecule has 0 heterocycles. The Balaban J connectivity index is 1.83. The summed E-state index contributed by atoms with van der Waals surface area (Å²) in [6.45, 7) is 1.88. The van der Waals surface area contributed by atoms with Crippen LogP contribution in [0.2, 0.25) is 0 Å². The van der Waals surface area contributed by atoms with Gasteiger partial charge >= 0.3 is 0 Å². The van der Waals surface area contributed by atoms with E-state index in [0.29, 0.717) is 0 Å². The number of para-hydroxylation sites is 1. The van der Waals surface area contributed by atoms with Gasteiger partial charge in [0.1, 0.15) is 5.75 Å². The van der Waals surface area contributed by atoms with Gasteiger partial charge in [0.15, 0.2) is 0 Å². The summed E-state index contributed by atoms with van der Waals surface area (Å²) < 4.78 is 5.23. The molecule has 120 valence electrons. The Bertz CT molecular complexity index is 659. The zero-order valence-electron chi connectivity index (χ0n) is 13.2. The van der Waals surface area contributed by atoms with Crippen molar-refractivity contribution in [3.8, 4) is 5.75 Å². The standard InChI is InChI=1S/C18H20N2O2S/c1-14(23-13-15-8-4-3-5-9-15)18(21)20-19-12-16-10-6-7-11-17(16)22-2/h3-12,14H,13H2,1-2H3,(H,20,21). The lowest BCUT2D eigenvalue weighted by Crippen LogP contribution is -2.27. The molecule has 1 unspecified atom stereocenters. The fourth-order valence-electron chi connectivity index (χ4n) is 1.90. The molecule has 1 N–H and O–H groups in total. The van der Waals surface area contributed by atoms with Gasteiger partial charge in [-0.15, -0.1) is 11.8 Å². The molecule has 23 heavy (non-hydrogen) atoms. The zero-order valence-corrected chi connectivity index (χ0v) is 14.0. The highest BCUT2D eigenvalue weighted by Gasteiger charge is 2.12. The van der Waals surface area contributed by atoms with Crippen molar-refractivity contribution in [3.05, 3.63) is 65.7 Å². The van der Waals surface area contributed by atoms with E-state index >= 15 is 0 Å². The van der Waals surface area contributed by atoms with E-state index in [2.05, 4.69) is 22.7 Å². The third kappa shape index (κ3) is 5.45. The highest BCUT2D eigenvalue weighted by atomic mass is 32.2. The number of nitrogens with one attached hydrogen (secondary N) is 1. The maximum Gasteiger partial charge on any atom is 0.252 e. The van der Waals surface area contributed by atoms with Crippen LogP contribution in [0.3, 0.4) is 0 Å². The molecule has 0 saturated carbocycles. The maximum atomic E-state index is 12.0. The number of ether oxygens (including phenoxy) is 1. The average molecular weight is 328 g/mol. The Kier molecular flexibility index (Phi) is 6.69. The first-order valence-electron chi connectivity index (χ1n) is 7.32. The van der Waals surface area contributed by atoms with Crippen molar-refractivity contribution in [2.45, 2.75) is 17.9 Å². The summed E-state index contributed by atoms with van der Waals surface area (Å²) in [5.74, 6) is 1.40. The Morgan fingerprint density at radius 1 is 1.22 bits per heavy atom. The average Bonchev–Trinajstić information content (AvgIpc) is 2.60. The molecule has 2 aromatic carbocycles. The molecule has 0 aliphatic rings. The zero-order chi connectivity index (χ0) is 16.5. The monoisotopic (exact) mass is 328 g/mol. The third-order valence-corrected chi connectivity index (χ3v) is 4.44. The molecule has 4 nitrogen and oxygen atoms in total. The van der Waals surface area contributed by atoms with Crippen LogP contribution in [0.1, 0.15) is 18.1 Å². The van der Waals surface area contributed by atoms with E-state index in [-0.39, 0.29) is 11.2 Å². The van der Waals surface area contributed by atoms with Crippen LogP contribution < -0.4 is 10.2 Å². The van der Waals surface area contributed by atoms with Gasteiger partial charge in [-0.25, -0.2) is 5.43 Å². The lowest BCUT2D eigenvalue weighted by Gasteiger charge is -2.09. The number of thioether (sulfide) groups is 1. The van der Waals surface area contributed by atoms with Gasteiger partial charge in [-0.3, -0.25) is 4.79 Å². The van der Waals surface area contributed by atoms with Crippen LogP contribution in [0.4, 0.5) is 0 Å². The summed E-state index contributed by atoms with van der Waals surface area (Å²) in [7, 11) is 1.60. The number of hydrogen-bond acceptors (Lipinski definition) is 4. The minimum atomic E-state index is -0.176. The molecule has 2 aromatic rings. The van der Waals surface area contributed by atoms with Crippen molar-refractivity contribution in [1.29, 1.82) is 0 Å². The number of amides is 1. The van der Waals surface area contributed by atoms with Crippen LogP contribution in [0.25, 0.3) is 0 Å². The van der Waals surface area contributed by atoms with Gasteiger partial charge in [-0.1, -0.05) is 42.5 Å². The molecule has 0 aromatic heterocycles. The highest BCUT2D eigenvalue weighted by molar-refractivity contribution is 7.99. The van der Waals surface area contributed by atoms with Crippen LogP contribution in [-0.4, -0.2) is 24.5 Å². The van der Waals surface area contributed by atoms with Crippen molar-refractivity contribution in [3.63, 3.8) is 0 Å². The Labute approximate surface area is 140 Å². The first-order valence-corrected chi connectivity index (χ1v) is 8.37. The number of benzene rings is 2. The lowest BCUT2D eigenvalue weighted by molar-refractivity contribution is -0.120. The number of carbonyl (C=O) groups is 1. The number of nitrogens with zero attached hydrogens (tertiary/aromatic N) is 1. The predicted molar refractivity (Wildman–Crippen MR) is 95.9 cm³/mol. The molecule has 0 bridgehead atoms. The van der Waals surface area contributed by atoms with Crippen molar-refractivity contribution < 1.29 is 9.53 Å². The molecule has 1 atom stereocenters. The van der Waals surface area contributed by atoms with Crippen molar-refractivity contribution in [2.75, 3.05) is 7.11 Å². The van der Waals surface area contributed by atoms with Crippen LogP contribution in [0.5, 0.6) is 5.75 Å². The number of carbonyl (C=O) groups excluding carboxylic acids is 1.